The maximum atomic E-state index is 12.7. The van der Waals surface area contributed by atoms with Gasteiger partial charge in [0.1, 0.15) is 5.75 Å². The second kappa shape index (κ2) is 7.67. The molecule has 27 heavy (non-hydrogen) atoms. The van der Waals surface area contributed by atoms with Gasteiger partial charge in [-0.2, -0.15) is 0 Å². The van der Waals surface area contributed by atoms with E-state index in [0.717, 1.165) is 22.9 Å². The fourth-order valence-corrected chi connectivity index (χ4v) is 3.69. The number of rotatable bonds is 7. The predicted molar refractivity (Wildman–Crippen MR) is 104 cm³/mol. The summed E-state index contributed by atoms with van der Waals surface area (Å²) in [5.41, 5.74) is 0.201. The average molecular weight is 385 g/mol. The molecule has 0 bridgehead atoms. The number of aromatic carboxylic acids is 1. The summed E-state index contributed by atoms with van der Waals surface area (Å²) in [5.74, 6) is -0.383. The number of ether oxygens (including phenoxy) is 1. The lowest BCUT2D eigenvalue weighted by molar-refractivity contribution is 0.0697. The van der Waals surface area contributed by atoms with Crippen molar-refractivity contribution in [3.05, 3.63) is 66.2 Å². The topological polar surface area (TPSA) is 92.7 Å². The van der Waals surface area contributed by atoms with Crippen molar-refractivity contribution >= 4 is 32.5 Å². The van der Waals surface area contributed by atoms with E-state index in [-0.39, 0.29) is 16.1 Å². The Labute approximate surface area is 157 Å². The van der Waals surface area contributed by atoms with Crippen molar-refractivity contribution in [3.63, 3.8) is 0 Å². The first-order valence-corrected chi connectivity index (χ1v) is 9.90. The van der Waals surface area contributed by atoms with Crippen LogP contribution in [-0.4, -0.2) is 26.1 Å². The molecule has 3 aromatic carbocycles. The Balaban J connectivity index is 1.89. The number of carboxylic acid groups (broad SMARTS) is 1. The van der Waals surface area contributed by atoms with Crippen LogP contribution in [0.3, 0.4) is 0 Å². The third-order valence-corrected chi connectivity index (χ3v) is 5.31. The molecule has 0 fully saturated rings. The van der Waals surface area contributed by atoms with Crippen molar-refractivity contribution < 1.29 is 23.1 Å². The van der Waals surface area contributed by atoms with Crippen molar-refractivity contribution in [3.8, 4) is 5.75 Å². The minimum Gasteiger partial charge on any atom is -0.494 e. The number of carboxylic acids is 1. The van der Waals surface area contributed by atoms with Crippen molar-refractivity contribution in [2.45, 2.75) is 18.2 Å². The molecule has 0 aliphatic carbocycles. The van der Waals surface area contributed by atoms with Gasteiger partial charge in [0.15, 0.2) is 0 Å². The average Bonchev–Trinajstić information content (AvgIpc) is 2.65. The Kier molecular flexibility index (Phi) is 5.32. The molecule has 6 nitrogen and oxygen atoms in total. The molecule has 140 valence electrons. The van der Waals surface area contributed by atoms with Gasteiger partial charge in [-0.05, 0) is 59.7 Å². The summed E-state index contributed by atoms with van der Waals surface area (Å²) < 4.78 is 33.3. The van der Waals surface area contributed by atoms with Gasteiger partial charge in [0.2, 0.25) is 0 Å². The molecule has 0 unspecified atom stereocenters. The summed E-state index contributed by atoms with van der Waals surface area (Å²) in [6.07, 6.45) is 0.907. The first-order valence-electron chi connectivity index (χ1n) is 8.42. The molecule has 2 N–H and O–H groups in total. The fourth-order valence-electron chi connectivity index (χ4n) is 2.61. The van der Waals surface area contributed by atoms with Gasteiger partial charge < -0.3 is 9.84 Å². The van der Waals surface area contributed by atoms with Crippen LogP contribution in [0.25, 0.3) is 10.8 Å². The fraction of sp³-hybridized carbons (Fsp3) is 0.150. The second-order valence-corrected chi connectivity index (χ2v) is 7.69. The molecule has 0 saturated carbocycles. The normalized spacial score (nSPS) is 11.3. The van der Waals surface area contributed by atoms with Crippen LogP contribution in [0.4, 0.5) is 5.69 Å². The van der Waals surface area contributed by atoms with Gasteiger partial charge in [0.05, 0.1) is 17.1 Å². The van der Waals surface area contributed by atoms with Crippen LogP contribution < -0.4 is 9.46 Å². The molecule has 7 heteroatoms. The molecule has 0 spiro atoms. The maximum absolute atomic E-state index is 12.7. The Morgan fingerprint density at radius 1 is 1.04 bits per heavy atom. The lowest BCUT2D eigenvalue weighted by Crippen LogP contribution is -2.13. The van der Waals surface area contributed by atoms with Crippen LogP contribution in [0.15, 0.2) is 65.6 Å². The second-order valence-electron chi connectivity index (χ2n) is 6.01. The number of hydrogen-bond acceptors (Lipinski definition) is 4. The number of sulfonamides is 1. The van der Waals surface area contributed by atoms with Crippen molar-refractivity contribution in [1.29, 1.82) is 0 Å². The molecular formula is C20H19NO5S. The number of fused-ring (bicyclic) bond motifs is 1. The highest BCUT2D eigenvalue weighted by Crippen LogP contribution is 2.25. The smallest absolute Gasteiger partial charge is 0.335 e. The summed E-state index contributed by atoms with van der Waals surface area (Å²) in [6, 6.07) is 15.9. The van der Waals surface area contributed by atoms with Gasteiger partial charge in [0, 0.05) is 5.69 Å². The highest BCUT2D eigenvalue weighted by molar-refractivity contribution is 7.92. The van der Waals surface area contributed by atoms with Gasteiger partial charge in [-0.1, -0.05) is 25.1 Å². The molecule has 0 atom stereocenters. The molecule has 0 heterocycles. The molecular weight excluding hydrogens is 366 g/mol. The highest BCUT2D eigenvalue weighted by atomic mass is 32.2. The lowest BCUT2D eigenvalue weighted by Gasteiger charge is -2.10. The zero-order chi connectivity index (χ0) is 19.4. The lowest BCUT2D eigenvalue weighted by atomic mass is 10.1. The van der Waals surface area contributed by atoms with E-state index >= 15 is 0 Å². The molecule has 0 aliphatic rings. The number of nitrogens with one attached hydrogen (secondary N) is 1. The van der Waals surface area contributed by atoms with E-state index in [1.54, 1.807) is 18.2 Å². The molecule has 3 aromatic rings. The monoisotopic (exact) mass is 385 g/mol. The Morgan fingerprint density at radius 2 is 1.78 bits per heavy atom. The quantitative estimate of drug-likeness (QED) is 0.638. The van der Waals surface area contributed by atoms with Gasteiger partial charge in [-0.15, -0.1) is 0 Å². The number of benzene rings is 3. The van der Waals surface area contributed by atoms with E-state index in [4.69, 9.17) is 9.84 Å². The Hall–Kier alpha value is -3.06. The van der Waals surface area contributed by atoms with Gasteiger partial charge in [-0.3, -0.25) is 4.72 Å². The molecule has 3 rings (SSSR count). The first kappa shape index (κ1) is 18.7. The Morgan fingerprint density at radius 3 is 2.52 bits per heavy atom. The number of carbonyl (C=O) groups is 1. The van der Waals surface area contributed by atoms with Crippen LogP contribution in [0.2, 0.25) is 0 Å². The summed E-state index contributed by atoms with van der Waals surface area (Å²) >= 11 is 0. The van der Waals surface area contributed by atoms with Crippen molar-refractivity contribution in [1.82, 2.24) is 0 Å². The minimum atomic E-state index is -3.85. The van der Waals surface area contributed by atoms with E-state index in [9.17, 15) is 13.2 Å². The van der Waals surface area contributed by atoms with Crippen LogP contribution in [0.5, 0.6) is 5.75 Å². The number of anilines is 1. The third kappa shape index (κ3) is 4.38. The zero-order valence-corrected chi connectivity index (χ0v) is 15.5. The van der Waals surface area contributed by atoms with E-state index in [2.05, 4.69) is 4.72 Å². The van der Waals surface area contributed by atoms with E-state index in [1.165, 1.54) is 30.3 Å². The molecule has 0 saturated heterocycles. The van der Waals surface area contributed by atoms with Crippen LogP contribution in [0, 0.1) is 0 Å². The van der Waals surface area contributed by atoms with Crippen LogP contribution >= 0.6 is 0 Å². The van der Waals surface area contributed by atoms with Gasteiger partial charge >= 0.3 is 5.97 Å². The molecule has 0 aromatic heterocycles. The summed E-state index contributed by atoms with van der Waals surface area (Å²) in [7, 11) is -3.85. The highest BCUT2D eigenvalue weighted by Gasteiger charge is 2.16. The standard InChI is InChI=1S/C20H19NO5S/c1-2-10-26-18-8-6-15-13-19(9-7-14(15)12-18)27(24,25)21-17-5-3-4-16(11-17)20(22)23/h3-9,11-13,21H,2,10H2,1H3,(H,22,23). The van der Waals surface area contributed by atoms with Gasteiger partial charge in [0.25, 0.3) is 10.0 Å². The number of hydrogen-bond donors (Lipinski definition) is 2. The van der Waals surface area contributed by atoms with Crippen molar-refractivity contribution in [2.75, 3.05) is 11.3 Å². The zero-order valence-electron chi connectivity index (χ0n) is 14.7. The molecule has 0 radical (unpaired) electrons. The summed E-state index contributed by atoms with van der Waals surface area (Å²) in [5, 5.41) is 10.7. The van der Waals surface area contributed by atoms with E-state index in [0.29, 0.717) is 6.61 Å². The first-order chi connectivity index (χ1) is 12.9. The van der Waals surface area contributed by atoms with E-state index < -0.39 is 16.0 Å². The van der Waals surface area contributed by atoms with Crippen LogP contribution in [-0.2, 0) is 10.0 Å². The van der Waals surface area contributed by atoms with Crippen LogP contribution in [0.1, 0.15) is 23.7 Å². The Bertz CT molecular complexity index is 1090. The SMILES string of the molecule is CCCOc1ccc2cc(S(=O)(=O)Nc3cccc(C(=O)O)c3)ccc2c1. The molecule has 0 aliphatic heterocycles. The minimum absolute atomic E-state index is 0.00770. The van der Waals surface area contributed by atoms with E-state index in [1.807, 2.05) is 19.1 Å². The summed E-state index contributed by atoms with van der Waals surface area (Å²) in [6.45, 7) is 2.65. The van der Waals surface area contributed by atoms with Crippen molar-refractivity contribution in [2.24, 2.45) is 0 Å². The summed E-state index contributed by atoms with van der Waals surface area (Å²) in [4.78, 5) is 11.1. The molecule has 0 amide bonds. The maximum Gasteiger partial charge on any atom is 0.335 e. The third-order valence-electron chi connectivity index (χ3n) is 3.93. The van der Waals surface area contributed by atoms with Gasteiger partial charge in [-0.25, -0.2) is 13.2 Å². The largest absolute Gasteiger partial charge is 0.494 e. The predicted octanol–water partition coefficient (Wildman–Crippen LogP) is 4.13.